The van der Waals surface area contributed by atoms with Gasteiger partial charge in [-0.1, -0.05) is 0 Å². The molecule has 0 spiro atoms. The Hall–Kier alpha value is -1.41. The van der Waals surface area contributed by atoms with Crippen molar-refractivity contribution in [2.24, 2.45) is 7.05 Å². The number of nitrogens with zero attached hydrogens (tertiary/aromatic N) is 3. The summed E-state index contributed by atoms with van der Waals surface area (Å²) < 4.78 is 29.3. The summed E-state index contributed by atoms with van der Waals surface area (Å²) in [6.45, 7) is 7.65. The average Bonchev–Trinajstić information content (AvgIpc) is 2.71. The predicted octanol–water partition coefficient (Wildman–Crippen LogP) is 1.10. The first kappa shape index (κ1) is 17.9. The largest absolute Gasteiger partial charge is 0.339 e. The van der Waals surface area contributed by atoms with Crippen LogP contribution in [0.5, 0.6) is 0 Å². The molecule has 1 aliphatic heterocycles. The van der Waals surface area contributed by atoms with Crippen molar-refractivity contribution in [3.63, 3.8) is 0 Å². The van der Waals surface area contributed by atoms with Crippen LogP contribution in [-0.4, -0.2) is 47.6 Å². The molecule has 0 bridgehead atoms. The minimum absolute atomic E-state index is 0.157. The summed E-state index contributed by atoms with van der Waals surface area (Å²) in [5, 5.41) is 4.13. The molecular formula is C15H26N4O3S. The number of sulfonamides is 1. The van der Waals surface area contributed by atoms with Crippen LogP contribution in [0.15, 0.2) is 4.90 Å². The molecule has 1 saturated heterocycles. The van der Waals surface area contributed by atoms with E-state index < -0.39 is 16.1 Å². The normalized spacial score (nSPS) is 20.6. The van der Waals surface area contributed by atoms with E-state index in [1.807, 2.05) is 6.92 Å². The molecule has 1 aliphatic rings. The Bertz CT molecular complexity index is 696. The van der Waals surface area contributed by atoms with Crippen molar-refractivity contribution < 1.29 is 13.2 Å². The lowest BCUT2D eigenvalue weighted by Crippen LogP contribution is -2.51. The highest BCUT2D eigenvalue weighted by atomic mass is 32.2. The van der Waals surface area contributed by atoms with Crippen LogP contribution >= 0.6 is 0 Å². The number of aromatic nitrogens is 2. The highest BCUT2D eigenvalue weighted by Gasteiger charge is 2.32. The van der Waals surface area contributed by atoms with Crippen LogP contribution in [0.4, 0.5) is 0 Å². The molecule has 2 heterocycles. The molecule has 23 heavy (non-hydrogen) atoms. The molecule has 1 fully saturated rings. The molecule has 1 aromatic rings. The summed E-state index contributed by atoms with van der Waals surface area (Å²) in [7, 11) is -2.08. The van der Waals surface area contributed by atoms with Crippen LogP contribution < -0.4 is 4.72 Å². The van der Waals surface area contributed by atoms with Crippen molar-refractivity contribution in [2.45, 2.75) is 63.9 Å². The Morgan fingerprint density at radius 1 is 1.35 bits per heavy atom. The summed E-state index contributed by atoms with van der Waals surface area (Å²) in [5.74, 6) is -0.167. The molecule has 8 heteroatoms. The quantitative estimate of drug-likeness (QED) is 0.888. The van der Waals surface area contributed by atoms with Gasteiger partial charge in [0.25, 0.3) is 0 Å². The van der Waals surface area contributed by atoms with Crippen LogP contribution in [0, 0.1) is 13.8 Å². The van der Waals surface area contributed by atoms with Gasteiger partial charge in [0.1, 0.15) is 4.90 Å². The number of rotatable bonds is 4. The molecule has 0 radical (unpaired) electrons. The van der Waals surface area contributed by atoms with Gasteiger partial charge >= 0.3 is 0 Å². The molecular weight excluding hydrogens is 316 g/mol. The number of aryl methyl sites for hydroxylation is 2. The van der Waals surface area contributed by atoms with Gasteiger partial charge in [-0.2, -0.15) is 9.82 Å². The fourth-order valence-corrected chi connectivity index (χ4v) is 4.79. The van der Waals surface area contributed by atoms with E-state index >= 15 is 0 Å². The third kappa shape index (κ3) is 3.58. The first-order valence-electron chi connectivity index (χ1n) is 7.98. The summed E-state index contributed by atoms with van der Waals surface area (Å²) in [6.07, 6.45) is 3.04. The van der Waals surface area contributed by atoms with Gasteiger partial charge in [0, 0.05) is 19.6 Å². The maximum absolute atomic E-state index is 12.6. The van der Waals surface area contributed by atoms with Crippen LogP contribution in [0.25, 0.3) is 0 Å². The summed E-state index contributed by atoms with van der Waals surface area (Å²) in [5.41, 5.74) is 0.990. The maximum atomic E-state index is 12.6. The highest BCUT2D eigenvalue weighted by Crippen LogP contribution is 2.20. The van der Waals surface area contributed by atoms with Crippen LogP contribution in [-0.2, 0) is 21.9 Å². The zero-order valence-corrected chi connectivity index (χ0v) is 15.3. The SMILES string of the molecule is Cc1nn(C)c(C)c1S(=O)(=O)N[C@H](C)C(=O)N1CCCC[C@H]1C. The second-order valence-corrected chi connectivity index (χ2v) is 7.99. The highest BCUT2D eigenvalue weighted by molar-refractivity contribution is 7.89. The number of amides is 1. The van der Waals surface area contributed by atoms with Gasteiger partial charge in [-0.25, -0.2) is 8.42 Å². The number of carbonyl (C=O) groups is 1. The van der Waals surface area contributed by atoms with Crippen LogP contribution in [0.1, 0.15) is 44.5 Å². The lowest BCUT2D eigenvalue weighted by Gasteiger charge is -2.35. The molecule has 1 N–H and O–H groups in total. The van der Waals surface area contributed by atoms with Gasteiger partial charge in [0.2, 0.25) is 15.9 Å². The maximum Gasteiger partial charge on any atom is 0.244 e. The van der Waals surface area contributed by atoms with Gasteiger partial charge in [-0.05, 0) is 47.0 Å². The number of hydrogen-bond acceptors (Lipinski definition) is 4. The summed E-state index contributed by atoms with van der Waals surface area (Å²) in [4.78, 5) is 14.5. The number of nitrogens with one attached hydrogen (secondary N) is 1. The third-order valence-electron chi connectivity index (χ3n) is 4.50. The smallest absolute Gasteiger partial charge is 0.244 e. The second-order valence-electron chi connectivity index (χ2n) is 6.34. The molecule has 1 amide bonds. The molecule has 130 valence electrons. The average molecular weight is 342 g/mol. The van der Waals surface area contributed by atoms with Crippen LogP contribution in [0.2, 0.25) is 0 Å². The Kier molecular flexibility index (Phi) is 5.15. The number of likely N-dealkylation sites (tertiary alicyclic amines) is 1. The van der Waals surface area contributed by atoms with Gasteiger partial charge in [-0.3, -0.25) is 9.48 Å². The third-order valence-corrected chi connectivity index (χ3v) is 6.29. The second kappa shape index (κ2) is 6.60. The van der Waals surface area contributed by atoms with E-state index in [9.17, 15) is 13.2 Å². The molecule has 0 saturated carbocycles. The fourth-order valence-electron chi connectivity index (χ4n) is 3.16. The van der Waals surface area contributed by atoms with E-state index in [-0.39, 0.29) is 16.8 Å². The molecule has 2 rings (SSSR count). The Labute approximate surface area is 138 Å². The monoisotopic (exact) mass is 342 g/mol. The van der Waals surface area contributed by atoms with E-state index in [1.54, 1.807) is 32.7 Å². The van der Waals surface area contributed by atoms with E-state index in [4.69, 9.17) is 0 Å². The van der Waals surface area contributed by atoms with Crippen molar-refractivity contribution in [2.75, 3.05) is 6.54 Å². The Morgan fingerprint density at radius 2 is 2.00 bits per heavy atom. The minimum atomic E-state index is -3.78. The Balaban J connectivity index is 2.18. The standard InChI is InChI=1S/C15H26N4O3S/c1-10-8-6-7-9-19(10)15(20)12(3)17-23(21,22)14-11(2)16-18(5)13(14)4/h10,12,17H,6-9H2,1-5H3/t10-,12-/m1/s1. The zero-order valence-electron chi connectivity index (χ0n) is 14.5. The molecule has 0 unspecified atom stereocenters. The van der Waals surface area contributed by atoms with E-state index in [0.29, 0.717) is 17.9 Å². The number of hydrogen-bond donors (Lipinski definition) is 1. The lowest BCUT2D eigenvalue weighted by atomic mass is 10.0. The van der Waals surface area contributed by atoms with Crippen molar-refractivity contribution in [1.29, 1.82) is 0 Å². The van der Waals surface area contributed by atoms with Crippen molar-refractivity contribution >= 4 is 15.9 Å². The number of carbonyl (C=O) groups excluding carboxylic acids is 1. The minimum Gasteiger partial charge on any atom is -0.339 e. The van der Waals surface area contributed by atoms with E-state index in [0.717, 1.165) is 19.3 Å². The zero-order chi connectivity index (χ0) is 17.4. The number of piperidine rings is 1. The molecule has 1 aromatic heterocycles. The topological polar surface area (TPSA) is 84.3 Å². The predicted molar refractivity (Wildman–Crippen MR) is 87.5 cm³/mol. The van der Waals surface area contributed by atoms with Gasteiger partial charge in [-0.15, -0.1) is 0 Å². The first-order valence-corrected chi connectivity index (χ1v) is 9.46. The fraction of sp³-hybridized carbons (Fsp3) is 0.733. The molecule has 0 aromatic carbocycles. The lowest BCUT2D eigenvalue weighted by molar-refractivity contribution is -0.135. The van der Waals surface area contributed by atoms with Gasteiger partial charge in [0.15, 0.2) is 0 Å². The van der Waals surface area contributed by atoms with Gasteiger partial charge in [0.05, 0.1) is 17.4 Å². The van der Waals surface area contributed by atoms with Crippen molar-refractivity contribution in [1.82, 2.24) is 19.4 Å². The molecule has 0 aliphatic carbocycles. The Morgan fingerprint density at radius 3 is 2.52 bits per heavy atom. The van der Waals surface area contributed by atoms with Gasteiger partial charge < -0.3 is 4.90 Å². The first-order chi connectivity index (χ1) is 10.6. The summed E-state index contributed by atoms with van der Waals surface area (Å²) in [6, 6.07) is -0.635. The van der Waals surface area contributed by atoms with Crippen molar-refractivity contribution in [3.8, 4) is 0 Å². The van der Waals surface area contributed by atoms with Crippen LogP contribution in [0.3, 0.4) is 0 Å². The van der Waals surface area contributed by atoms with Crippen molar-refractivity contribution in [3.05, 3.63) is 11.4 Å². The van der Waals surface area contributed by atoms with E-state index in [1.165, 1.54) is 4.68 Å². The molecule has 7 nitrogen and oxygen atoms in total. The van der Waals surface area contributed by atoms with E-state index in [2.05, 4.69) is 9.82 Å². The summed E-state index contributed by atoms with van der Waals surface area (Å²) >= 11 is 0. The molecule has 2 atom stereocenters.